The van der Waals surface area contributed by atoms with Crippen molar-refractivity contribution in [2.75, 3.05) is 24.6 Å². The fraction of sp³-hybridized carbons (Fsp3) is 0.579. The lowest BCUT2D eigenvalue weighted by atomic mass is 9.63. The van der Waals surface area contributed by atoms with Crippen LogP contribution in [-0.4, -0.2) is 61.5 Å². The van der Waals surface area contributed by atoms with Crippen molar-refractivity contribution in [1.29, 1.82) is 0 Å². The number of benzene rings is 2. The highest BCUT2D eigenvalue weighted by Crippen LogP contribution is 2.49. The number of carbonyl (C=O) groups is 2. The molecule has 2 aromatic rings. The maximum Gasteiger partial charge on any atom is 0.309 e. The molecule has 6 atom stereocenters. The van der Waals surface area contributed by atoms with Crippen molar-refractivity contribution >= 4 is 39.2 Å². The predicted octanol–water partition coefficient (Wildman–Crippen LogP) is 6.35. The molecule has 4 aliphatic rings. The SMILES string of the molecule is C[C@@H]1[C@@H](C)CC=C[C@](O)(CC(=O)OC(C)(C)C)[C@@H]2CC[C@H]2CN2C[C@@]3(CCCc4cc(Cl)ccc43)COc3ccc(cc32)C(=O)NS1(=O)=O. The van der Waals surface area contributed by atoms with Gasteiger partial charge in [0, 0.05) is 29.1 Å². The number of sulfonamides is 1. The summed E-state index contributed by atoms with van der Waals surface area (Å²) in [5.74, 6) is -1.16. The molecule has 2 aliphatic carbocycles. The molecule has 266 valence electrons. The zero-order chi connectivity index (χ0) is 35.4. The minimum atomic E-state index is -4.04. The molecule has 6 rings (SSSR count). The molecule has 11 heteroatoms. The Labute approximate surface area is 295 Å². The van der Waals surface area contributed by atoms with Crippen molar-refractivity contribution in [2.45, 2.75) is 101 Å². The summed E-state index contributed by atoms with van der Waals surface area (Å²) in [5.41, 5.74) is 0.770. The number of carbonyl (C=O) groups excluding carboxylic acids is 2. The maximum atomic E-state index is 13.5. The smallest absolute Gasteiger partial charge is 0.309 e. The van der Waals surface area contributed by atoms with E-state index in [9.17, 15) is 23.1 Å². The number of hydrogen-bond acceptors (Lipinski definition) is 8. The van der Waals surface area contributed by atoms with E-state index in [-0.39, 0.29) is 35.2 Å². The van der Waals surface area contributed by atoms with Crippen LogP contribution in [0.3, 0.4) is 0 Å². The number of hydrogen-bond donors (Lipinski definition) is 2. The number of allylic oxidation sites excluding steroid dienone is 1. The number of anilines is 1. The molecule has 1 saturated carbocycles. The Hall–Kier alpha value is -3.08. The van der Waals surface area contributed by atoms with Crippen molar-refractivity contribution in [2.24, 2.45) is 17.8 Å². The quantitative estimate of drug-likeness (QED) is 0.273. The zero-order valence-corrected chi connectivity index (χ0v) is 30.7. The number of amides is 1. The number of nitrogens with zero attached hydrogens (tertiary/aromatic N) is 1. The Balaban J connectivity index is 1.44. The molecule has 0 saturated heterocycles. The third-order valence-corrected chi connectivity index (χ3v) is 13.3. The molecular weight excluding hydrogens is 664 g/mol. The fourth-order valence-electron chi connectivity index (χ4n) is 8.17. The molecule has 2 aromatic carbocycles. The third-order valence-electron chi connectivity index (χ3n) is 11.1. The van der Waals surface area contributed by atoms with Crippen LogP contribution in [0, 0.1) is 17.8 Å². The molecule has 49 heavy (non-hydrogen) atoms. The number of aliphatic hydroxyl groups is 1. The number of nitrogens with one attached hydrogen (secondary N) is 1. The van der Waals surface area contributed by atoms with E-state index in [1.807, 2.05) is 12.1 Å². The van der Waals surface area contributed by atoms with E-state index in [1.54, 1.807) is 65.0 Å². The Morgan fingerprint density at radius 3 is 2.65 bits per heavy atom. The third kappa shape index (κ3) is 7.38. The minimum Gasteiger partial charge on any atom is -0.490 e. The minimum absolute atomic E-state index is 0.0236. The normalized spacial score (nSPS) is 31.3. The molecule has 9 nitrogen and oxygen atoms in total. The summed E-state index contributed by atoms with van der Waals surface area (Å²) in [5, 5.41) is 12.1. The number of halogens is 1. The number of ether oxygens (including phenoxy) is 2. The van der Waals surface area contributed by atoms with Crippen molar-refractivity contribution in [3.05, 3.63) is 70.3 Å². The monoisotopic (exact) mass is 712 g/mol. The van der Waals surface area contributed by atoms with Gasteiger partial charge in [-0.15, -0.1) is 0 Å². The second kappa shape index (κ2) is 13.2. The van der Waals surface area contributed by atoms with Gasteiger partial charge in [0.15, 0.2) is 0 Å². The molecule has 2 aliphatic heterocycles. The predicted molar refractivity (Wildman–Crippen MR) is 191 cm³/mol. The average Bonchev–Trinajstić information content (AvgIpc) is 3.13. The Kier molecular flexibility index (Phi) is 9.65. The van der Waals surface area contributed by atoms with Crippen molar-refractivity contribution in [3.63, 3.8) is 0 Å². The highest BCUT2D eigenvalue weighted by Gasteiger charge is 2.49. The summed E-state index contributed by atoms with van der Waals surface area (Å²) in [6.07, 6.45) is 7.96. The van der Waals surface area contributed by atoms with Gasteiger partial charge in [-0.25, -0.2) is 13.1 Å². The van der Waals surface area contributed by atoms with Gasteiger partial charge < -0.3 is 19.5 Å². The summed E-state index contributed by atoms with van der Waals surface area (Å²) in [4.78, 5) is 29.0. The molecule has 2 heterocycles. The Morgan fingerprint density at radius 2 is 1.94 bits per heavy atom. The summed E-state index contributed by atoms with van der Waals surface area (Å²) < 4.78 is 41.4. The highest BCUT2D eigenvalue weighted by molar-refractivity contribution is 7.90. The molecule has 1 spiro atoms. The molecule has 2 N–H and O–H groups in total. The number of fused-ring (bicyclic) bond motifs is 4. The van der Waals surface area contributed by atoms with E-state index in [2.05, 4.69) is 15.7 Å². The maximum absolute atomic E-state index is 13.5. The second-order valence-corrected chi connectivity index (χ2v) is 18.3. The molecule has 0 aromatic heterocycles. The van der Waals surface area contributed by atoms with E-state index < -0.39 is 38.4 Å². The van der Waals surface area contributed by atoms with Crippen LogP contribution in [-0.2, 0) is 31.4 Å². The van der Waals surface area contributed by atoms with E-state index >= 15 is 0 Å². The van der Waals surface area contributed by atoms with E-state index in [1.165, 1.54) is 11.1 Å². The van der Waals surface area contributed by atoms with Crippen LogP contribution in [0.2, 0.25) is 5.02 Å². The van der Waals surface area contributed by atoms with Gasteiger partial charge in [-0.1, -0.05) is 36.7 Å². The van der Waals surface area contributed by atoms with Crippen LogP contribution in [0.15, 0.2) is 48.6 Å². The van der Waals surface area contributed by atoms with E-state index in [4.69, 9.17) is 21.1 Å². The fourth-order valence-corrected chi connectivity index (χ4v) is 9.65. The van der Waals surface area contributed by atoms with Crippen molar-refractivity contribution in [3.8, 4) is 5.75 Å². The van der Waals surface area contributed by atoms with Gasteiger partial charge >= 0.3 is 5.97 Å². The highest BCUT2D eigenvalue weighted by atomic mass is 35.5. The Morgan fingerprint density at radius 1 is 1.16 bits per heavy atom. The van der Waals surface area contributed by atoms with Gasteiger partial charge in [0.05, 0.1) is 29.6 Å². The molecule has 1 fully saturated rings. The Bertz CT molecular complexity index is 1750. The molecule has 1 amide bonds. The van der Waals surface area contributed by atoms with Crippen molar-refractivity contribution in [1.82, 2.24) is 4.72 Å². The van der Waals surface area contributed by atoms with Gasteiger partial charge in [-0.3, -0.25) is 9.59 Å². The zero-order valence-electron chi connectivity index (χ0n) is 29.1. The van der Waals surface area contributed by atoms with Gasteiger partial charge in [0.25, 0.3) is 5.91 Å². The first-order chi connectivity index (χ1) is 23.0. The van der Waals surface area contributed by atoms with Gasteiger partial charge in [0.1, 0.15) is 11.4 Å². The van der Waals surface area contributed by atoms with Crippen LogP contribution >= 0.6 is 11.6 Å². The first kappa shape index (κ1) is 35.7. The lowest BCUT2D eigenvalue weighted by molar-refractivity contribution is -0.162. The summed E-state index contributed by atoms with van der Waals surface area (Å²) in [6.45, 7) is 10.4. The first-order valence-corrected chi connectivity index (χ1v) is 19.4. The lowest BCUT2D eigenvalue weighted by Gasteiger charge is -2.49. The van der Waals surface area contributed by atoms with E-state index in [0.717, 1.165) is 32.1 Å². The van der Waals surface area contributed by atoms with Crippen LogP contribution in [0.4, 0.5) is 5.69 Å². The largest absolute Gasteiger partial charge is 0.490 e. The summed E-state index contributed by atoms with van der Waals surface area (Å²) in [6, 6.07) is 11.2. The van der Waals surface area contributed by atoms with Crippen LogP contribution in [0.5, 0.6) is 5.75 Å². The second-order valence-electron chi connectivity index (χ2n) is 15.8. The molecule has 2 bridgehead atoms. The number of esters is 1. The molecule has 0 radical (unpaired) electrons. The van der Waals surface area contributed by atoms with Gasteiger partial charge in [-0.2, -0.15) is 0 Å². The van der Waals surface area contributed by atoms with Crippen LogP contribution < -0.4 is 14.4 Å². The van der Waals surface area contributed by atoms with Crippen LogP contribution in [0.1, 0.15) is 94.6 Å². The van der Waals surface area contributed by atoms with Crippen LogP contribution in [0.25, 0.3) is 0 Å². The summed E-state index contributed by atoms with van der Waals surface area (Å²) in [7, 11) is -4.04. The summed E-state index contributed by atoms with van der Waals surface area (Å²) >= 11 is 6.43. The number of rotatable bonds is 2. The topological polar surface area (TPSA) is 122 Å². The first-order valence-electron chi connectivity index (χ1n) is 17.5. The lowest BCUT2D eigenvalue weighted by Crippen LogP contribution is -2.53. The average molecular weight is 713 g/mol. The number of aryl methyl sites for hydroxylation is 1. The standard InChI is InChI=1S/C38H49ClN2O7S/c1-24-8-6-17-38(44,20-34(42)48-36(3,4)5)31-13-10-28(31)21-41-22-37(16-7-9-26-18-29(39)12-14-30(26)37)23-47-33-15-11-27(19-32(33)41)35(43)40-49(45,46)25(24)2/h6,11-12,14-15,17-19,24-25,28,31,44H,7-10,13,16,20-23H2,1-5H3,(H,40,43)/t24-,25+,28-,31+,37-,38-/m0/s1. The van der Waals surface area contributed by atoms with Crippen molar-refractivity contribution < 1.29 is 32.6 Å². The molecule has 0 unspecified atom stereocenters. The molecular formula is C38H49ClN2O7S. The van der Waals surface area contributed by atoms with E-state index in [0.29, 0.717) is 42.6 Å². The van der Waals surface area contributed by atoms with Gasteiger partial charge in [0.2, 0.25) is 10.0 Å². The van der Waals surface area contributed by atoms with Gasteiger partial charge in [-0.05, 0) is 125 Å².